The van der Waals surface area contributed by atoms with Gasteiger partial charge in [0.1, 0.15) is 17.5 Å². The molecule has 0 aliphatic carbocycles. The number of rotatable bonds is 10. The normalized spacial score (nSPS) is 11.2. The molecule has 0 aliphatic rings. The average molecular weight is 1540 g/mol. The molecule has 0 fully saturated rings. The molecule has 0 saturated heterocycles. The summed E-state index contributed by atoms with van der Waals surface area (Å²) in [6.45, 7) is 0. The van der Waals surface area contributed by atoms with Crippen molar-refractivity contribution in [1.29, 1.82) is 0 Å². The van der Waals surface area contributed by atoms with Crippen molar-refractivity contribution in [3.8, 4) is 113 Å². The van der Waals surface area contributed by atoms with Gasteiger partial charge >= 0.3 is 56.6 Å². The summed E-state index contributed by atoms with van der Waals surface area (Å²) in [7, 11) is 0. The first-order chi connectivity index (χ1) is 58.3. The van der Waals surface area contributed by atoms with Gasteiger partial charge in [0, 0.05) is 57.3 Å². The quantitative estimate of drug-likeness (QED) is 0.0976. The Morgan fingerprint density at radius 3 is 0.992 bits per heavy atom. The van der Waals surface area contributed by atoms with E-state index in [4.69, 9.17) is 15.0 Å². The van der Waals surface area contributed by atoms with E-state index in [1.54, 1.807) is 30.7 Å². The molecule has 0 unspecified atom stereocenters. The van der Waals surface area contributed by atoms with Gasteiger partial charge in [-0.05, 0) is 226 Å². The second-order valence-electron chi connectivity index (χ2n) is 29.5. The predicted molar refractivity (Wildman–Crippen MR) is 472 cm³/mol. The van der Waals surface area contributed by atoms with Gasteiger partial charge in [-0.3, -0.25) is 13.7 Å². The van der Waals surface area contributed by atoms with E-state index in [0.29, 0.717) is 22.1 Å². The SMILES string of the molecule is [Li+].[Li+].[Li+].[O-]c1c(-c2cccc3cc4c(-c5nc6ccccc6n5-c5ccccc5)cccc4cc23)ccc2ccc[nH+]c12.[O-]c1ccc(-c2ccc(-c3nc4ccccc4n3-c3ccccc3)cc2)c2ccc[nH+]c12.[O-]c1ccc(-c2cccc3cc4c(-c5ccc(-c6nc7ccccc7n6-c6ccccc6)cc5)cccc4cc23)c2ccc[nH+]c12. The molecule has 121 heavy (non-hydrogen) atoms. The molecule has 0 atom stereocenters. The maximum absolute atomic E-state index is 13.5. The van der Waals surface area contributed by atoms with Crippen LogP contribution < -0.4 is 86.9 Å². The van der Waals surface area contributed by atoms with Crippen molar-refractivity contribution in [2.24, 2.45) is 0 Å². The van der Waals surface area contributed by atoms with E-state index in [-0.39, 0.29) is 73.8 Å². The molecule has 6 heterocycles. The number of pyridine rings is 3. The van der Waals surface area contributed by atoms with Gasteiger partial charge in [-0.2, -0.15) is 0 Å². The second kappa shape index (κ2) is 33.2. The van der Waals surface area contributed by atoms with E-state index in [1.807, 2.05) is 133 Å². The number of para-hydroxylation sites is 9. The van der Waals surface area contributed by atoms with E-state index < -0.39 is 0 Å². The molecule has 6 aromatic heterocycles. The van der Waals surface area contributed by atoms with Crippen LogP contribution in [-0.4, -0.2) is 28.7 Å². The number of fused-ring (bicyclic) bond motifs is 10. The summed E-state index contributed by atoms with van der Waals surface area (Å²) in [5.74, 6) is 2.73. The Kier molecular flexibility index (Phi) is 21.3. The number of hydrogen-bond donors (Lipinski definition) is 0. The Morgan fingerprint density at radius 2 is 0.529 bits per heavy atom. The van der Waals surface area contributed by atoms with Gasteiger partial charge in [-0.25, -0.2) is 29.9 Å². The van der Waals surface area contributed by atoms with Gasteiger partial charge in [0.05, 0.1) is 43.9 Å². The Balaban J connectivity index is 0.000000125. The zero-order valence-electron chi connectivity index (χ0n) is 66.5. The van der Waals surface area contributed by atoms with Gasteiger partial charge in [-0.1, -0.05) is 243 Å². The van der Waals surface area contributed by atoms with Crippen LogP contribution in [0, 0.1) is 0 Å². The van der Waals surface area contributed by atoms with Crippen LogP contribution in [0.2, 0.25) is 0 Å². The number of benzene rings is 17. The third-order valence-electron chi connectivity index (χ3n) is 22.6. The molecule has 17 aromatic carbocycles. The molecule has 0 aliphatic heterocycles. The molecule has 0 spiro atoms. The molecule has 3 N–H and O–H groups in total. The first kappa shape index (κ1) is 77.8. The van der Waals surface area contributed by atoms with E-state index in [9.17, 15) is 15.3 Å². The van der Waals surface area contributed by atoms with Crippen LogP contribution in [-0.2, 0) is 0 Å². The molecule has 15 heteroatoms. The van der Waals surface area contributed by atoms with Gasteiger partial charge in [0.25, 0.3) is 0 Å². The summed E-state index contributed by atoms with van der Waals surface area (Å²) in [4.78, 5) is 24.5. The number of H-pyrrole nitrogens is 3. The summed E-state index contributed by atoms with van der Waals surface area (Å²) >= 11 is 0. The fraction of sp³-hybridized carbons (Fsp3) is 0. The van der Waals surface area contributed by atoms with Crippen molar-refractivity contribution >= 4 is 109 Å². The van der Waals surface area contributed by atoms with Crippen molar-refractivity contribution in [1.82, 2.24) is 28.7 Å². The van der Waals surface area contributed by atoms with Crippen LogP contribution in [0.1, 0.15) is 0 Å². The van der Waals surface area contributed by atoms with Gasteiger partial charge in [0.2, 0.25) is 16.6 Å². The standard InChI is InChI=1S/C42H27N3O.C36H23N3O.C28H19N3O.3Li/c46-40-23-22-34(35-15-8-24-43-41(35)40)33-14-7-10-30-25-36-29(26-37(30)33)9-6-13-32(36)27-18-20-28(21-19-27)42-44-38-16-4-5-17-39(38)45(42)31-11-2-1-3-12-31;40-35-28(19-18-23-11-8-20-37-34(23)35)27-14-6-9-24-22-31-25(21-30(24)27)10-7-15-29(31)36-38-32-16-4-5-17-33(32)39(36)26-12-2-1-3-13-26;32-26-17-16-22(23-9-6-18-29-27(23)26)19-12-14-20(15-13-19)28-30-24-10-4-5-11-25(24)31(28)21-7-2-1-3-8-21;;;/h1-26,46H;1-22,40H;1-18,32H;;;/q;;;3*+1. The Morgan fingerprint density at radius 1 is 0.215 bits per heavy atom. The van der Waals surface area contributed by atoms with Crippen LogP contribution in [0.4, 0.5) is 0 Å². The smallest absolute Gasteiger partial charge is 0.868 e. The van der Waals surface area contributed by atoms with Gasteiger partial charge in [-0.15, -0.1) is 0 Å². The minimum atomic E-state index is -0.00227. The maximum atomic E-state index is 13.5. The molecule has 556 valence electrons. The number of hydrogen-bond acceptors (Lipinski definition) is 6. The molecular formula is C106H69Li3N9O3+3. The van der Waals surface area contributed by atoms with Crippen LogP contribution in [0.25, 0.3) is 205 Å². The van der Waals surface area contributed by atoms with Crippen molar-refractivity contribution in [3.05, 3.63) is 401 Å². The molecule has 23 rings (SSSR count). The second-order valence-corrected chi connectivity index (χ2v) is 29.5. The molecule has 12 nitrogen and oxygen atoms in total. The molecule has 0 amide bonds. The van der Waals surface area contributed by atoms with E-state index in [1.165, 1.54) is 16.3 Å². The summed E-state index contributed by atoms with van der Waals surface area (Å²) < 4.78 is 6.67. The third-order valence-corrected chi connectivity index (χ3v) is 22.6. The summed E-state index contributed by atoms with van der Waals surface area (Å²) in [5, 5.41) is 50.1. The summed E-state index contributed by atoms with van der Waals surface area (Å²) in [6.07, 6.45) is 5.39. The van der Waals surface area contributed by atoms with Gasteiger partial charge in [0.15, 0.2) is 18.6 Å². The number of imidazole rings is 3. The van der Waals surface area contributed by atoms with Crippen LogP contribution in [0.15, 0.2) is 401 Å². The third kappa shape index (κ3) is 14.2. The van der Waals surface area contributed by atoms with Crippen molar-refractivity contribution in [3.63, 3.8) is 0 Å². The Labute approximate surface area is 732 Å². The number of nitrogens with one attached hydrogen (secondary N) is 3. The largest absolute Gasteiger partial charge is 1.00 e. The van der Waals surface area contributed by atoms with Crippen LogP contribution in [0.3, 0.4) is 0 Å². The fourth-order valence-electron chi connectivity index (χ4n) is 17.0. The van der Waals surface area contributed by atoms with E-state index in [0.717, 1.165) is 166 Å². The first-order valence-electron chi connectivity index (χ1n) is 39.3. The summed E-state index contributed by atoms with van der Waals surface area (Å²) in [5.41, 5.74) is 22.6. The van der Waals surface area contributed by atoms with Crippen molar-refractivity contribution in [2.45, 2.75) is 0 Å². The first-order valence-corrected chi connectivity index (χ1v) is 39.3. The summed E-state index contributed by atoms with van der Waals surface area (Å²) in [6, 6.07) is 130. The minimum absolute atomic E-state index is 0. The van der Waals surface area contributed by atoms with E-state index in [2.05, 4.69) is 265 Å². The number of nitrogens with zero attached hydrogens (tertiary/aromatic N) is 6. The minimum Gasteiger partial charge on any atom is -0.868 e. The molecule has 23 aromatic rings. The number of aromatic nitrogens is 9. The van der Waals surface area contributed by atoms with E-state index >= 15 is 0 Å². The zero-order valence-corrected chi connectivity index (χ0v) is 66.5. The monoisotopic (exact) mass is 1540 g/mol. The van der Waals surface area contributed by atoms with Crippen molar-refractivity contribution < 1.29 is 86.9 Å². The number of aromatic amines is 3. The molecule has 0 radical (unpaired) electrons. The van der Waals surface area contributed by atoms with Crippen LogP contribution >= 0.6 is 0 Å². The van der Waals surface area contributed by atoms with Gasteiger partial charge < -0.3 is 15.3 Å². The van der Waals surface area contributed by atoms with Crippen molar-refractivity contribution in [2.75, 3.05) is 0 Å². The predicted octanol–water partition coefficient (Wildman–Crippen LogP) is 13.5. The molecule has 0 saturated carbocycles. The topological polar surface area (TPSA) is 165 Å². The van der Waals surface area contributed by atoms with Crippen LogP contribution in [0.5, 0.6) is 17.2 Å². The fourth-order valence-corrected chi connectivity index (χ4v) is 17.0. The zero-order chi connectivity index (χ0) is 78.7. The Bertz CT molecular complexity index is 7860. The Hall–Kier alpha value is -14.4. The maximum Gasteiger partial charge on any atom is 1.00 e. The molecule has 0 bridgehead atoms. The molecular weight excluding hydrogens is 1470 g/mol. The average Bonchev–Trinajstić information content (AvgIpc) is 1.68.